The quantitative estimate of drug-likeness (QED) is 0.758. The molecule has 0 aliphatic heterocycles. The van der Waals surface area contributed by atoms with Gasteiger partial charge in [-0.2, -0.15) is 0 Å². The first-order valence-electron chi connectivity index (χ1n) is 8.32. The van der Waals surface area contributed by atoms with Crippen molar-refractivity contribution in [2.24, 2.45) is 7.05 Å². The number of nitrogens with one attached hydrogen (secondary N) is 1. The van der Waals surface area contributed by atoms with Gasteiger partial charge in [0.2, 0.25) is 0 Å². The molecule has 0 spiro atoms. The lowest BCUT2D eigenvalue weighted by Gasteiger charge is -2.10. The predicted molar refractivity (Wildman–Crippen MR) is 96.1 cm³/mol. The molecule has 2 heterocycles. The van der Waals surface area contributed by atoms with Crippen molar-refractivity contribution in [1.29, 1.82) is 0 Å². The second kappa shape index (κ2) is 5.23. The lowest BCUT2D eigenvalue weighted by atomic mass is 10.0. The van der Waals surface area contributed by atoms with Gasteiger partial charge in [-0.05, 0) is 51.3 Å². The Kier molecular flexibility index (Phi) is 3.27. The van der Waals surface area contributed by atoms with Crippen LogP contribution in [0.3, 0.4) is 0 Å². The van der Waals surface area contributed by atoms with Gasteiger partial charge in [0.1, 0.15) is 17.1 Å². The first kappa shape index (κ1) is 15.0. The predicted octanol–water partition coefficient (Wildman–Crippen LogP) is 4.67. The standard InChI is InChI=1S/C19H22N4O/c1-10(2)20-15-8-14(17-11(3)22-24-12(17)4)9-16-18(15)21-19(23(16)5)13-6-7-13/h8-9,13,20H,1,6-7H2,2-5H3. The van der Waals surface area contributed by atoms with Crippen LogP contribution in [0.25, 0.3) is 22.2 Å². The highest BCUT2D eigenvalue weighted by molar-refractivity contribution is 5.94. The smallest absolute Gasteiger partial charge is 0.141 e. The number of anilines is 1. The largest absolute Gasteiger partial charge is 0.361 e. The van der Waals surface area contributed by atoms with Gasteiger partial charge in [-0.3, -0.25) is 0 Å². The van der Waals surface area contributed by atoms with Crippen molar-refractivity contribution in [3.8, 4) is 11.1 Å². The number of aryl methyl sites for hydroxylation is 3. The van der Waals surface area contributed by atoms with Crippen LogP contribution in [0.1, 0.15) is 43.0 Å². The molecule has 0 unspecified atom stereocenters. The molecule has 1 aliphatic rings. The zero-order valence-electron chi connectivity index (χ0n) is 14.6. The number of hydrogen-bond acceptors (Lipinski definition) is 4. The maximum absolute atomic E-state index is 5.36. The number of fused-ring (bicyclic) bond motifs is 1. The number of imidazole rings is 1. The Labute approximate surface area is 141 Å². The van der Waals surface area contributed by atoms with Gasteiger partial charge in [0.05, 0.1) is 16.9 Å². The van der Waals surface area contributed by atoms with Gasteiger partial charge in [-0.15, -0.1) is 0 Å². The summed E-state index contributed by atoms with van der Waals surface area (Å²) in [5.74, 6) is 2.60. The van der Waals surface area contributed by atoms with Crippen LogP contribution in [0.2, 0.25) is 0 Å². The highest BCUT2D eigenvalue weighted by Gasteiger charge is 2.29. The van der Waals surface area contributed by atoms with E-state index < -0.39 is 0 Å². The van der Waals surface area contributed by atoms with E-state index in [0.717, 1.165) is 45.0 Å². The highest BCUT2D eigenvalue weighted by atomic mass is 16.5. The van der Waals surface area contributed by atoms with E-state index in [1.165, 1.54) is 18.7 Å². The normalized spacial score (nSPS) is 14.3. The molecule has 1 fully saturated rings. The van der Waals surface area contributed by atoms with Crippen molar-refractivity contribution in [2.45, 2.75) is 39.5 Å². The molecule has 5 heteroatoms. The van der Waals surface area contributed by atoms with Crippen molar-refractivity contribution in [1.82, 2.24) is 14.7 Å². The lowest BCUT2D eigenvalue weighted by molar-refractivity contribution is 0.393. The molecule has 4 rings (SSSR count). The third-order valence-electron chi connectivity index (χ3n) is 4.63. The number of benzene rings is 1. The number of hydrogen-bond donors (Lipinski definition) is 1. The van der Waals surface area contributed by atoms with Crippen molar-refractivity contribution in [3.63, 3.8) is 0 Å². The topological polar surface area (TPSA) is 55.9 Å². The summed E-state index contributed by atoms with van der Waals surface area (Å²) in [6, 6.07) is 4.30. The fourth-order valence-electron chi connectivity index (χ4n) is 3.38. The summed E-state index contributed by atoms with van der Waals surface area (Å²) >= 11 is 0. The van der Waals surface area contributed by atoms with E-state index in [-0.39, 0.29) is 0 Å². The monoisotopic (exact) mass is 322 g/mol. The van der Waals surface area contributed by atoms with Crippen LogP contribution < -0.4 is 5.32 Å². The van der Waals surface area contributed by atoms with Crippen LogP contribution in [0.4, 0.5) is 5.69 Å². The Bertz CT molecular complexity index is 940. The van der Waals surface area contributed by atoms with Crippen molar-refractivity contribution in [3.05, 3.63) is 41.7 Å². The molecule has 5 nitrogen and oxygen atoms in total. The highest BCUT2D eigenvalue weighted by Crippen LogP contribution is 2.42. The van der Waals surface area contributed by atoms with E-state index in [9.17, 15) is 0 Å². The molecule has 24 heavy (non-hydrogen) atoms. The van der Waals surface area contributed by atoms with Gasteiger partial charge in [-0.1, -0.05) is 11.7 Å². The van der Waals surface area contributed by atoms with Crippen LogP contribution in [-0.2, 0) is 7.05 Å². The summed E-state index contributed by atoms with van der Waals surface area (Å²) in [7, 11) is 2.10. The summed E-state index contributed by atoms with van der Waals surface area (Å²) in [4.78, 5) is 4.91. The number of allylic oxidation sites excluding steroid dienone is 1. The van der Waals surface area contributed by atoms with E-state index in [1.807, 2.05) is 20.8 Å². The lowest BCUT2D eigenvalue weighted by Crippen LogP contribution is -1.97. The SMILES string of the molecule is C=C(C)Nc1cc(-c2c(C)noc2C)cc2c1nc(C1CC1)n2C. The zero-order chi connectivity index (χ0) is 17.0. The van der Waals surface area contributed by atoms with E-state index in [2.05, 4.69) is 40.8 Å². The molecule has 3 aromatic rings. The molecular formula is C19H22N4O. The molecule has 2 aromatic heterocycles. The van der Waals surface area contributed by atoms with Gasteiger partial charge in [-0.25, -0.2) is 4.98 Å². The molecule has 0 radical (unpaired) electrons. The first-order chi connectivity index (χ1) is 11.5. The van der Waals surface area contributed by atoms with Crippen LogP contribution in [0.5, 0.6) is 0 Å². The van der Waals surface area contributed by atoms with Crippen LogP contribution in [0, 0.1) is 13.8 Å². The second-order valence-electron chi connectivity index (χ2n) is 6.80. The molecule has 0 atom stereocenters. The average molecular weight is 322 g/mol. The van der Waals surface area contributed by atoms with Crippen molar-refractivity contribution >= 4 is 16.7 Å². The Morgan fingerprint density at radius 3 is 2.67 bits per heavy atom. The minimum absolute atomic E-state index is 0.600. The van der Waals surface area contributed by atoms with Crippen LogP contribution in [-0.4, -0.2) is 14.7 Å². The van der Waals surface area contributed by atoms with Crippen LogP contribution >= 0.6 is 0 Å². The van der Waals surface area contributed by atoms with Crippen molar-refractivity contribution in [2.75, 3.05) is 5.32 Å². The molecule has 0 amide bonds. The first-order valence-corrected chi connectivity index (χ1v) is 8.32. The van der Waals surface area contributed by atoms with Gasteiger partial charge < -0.3 is 14.4 Å². The Hall–Kier alpha value is -2.56. The number of aromatic nitrogens is 3. The van der Waals surface area contributed by atoms with Gasteiger partial charge in [0.15, 0.2) is 0 Å². The molecule has 1 N–H and O–H groups in total. The second-order valence-corrected chi connectivity index (χ2v) is 6.80. The Morgan fingerprint density at radius 1 is 1.33 bits per heavy atom. The minimum atomic E-state index is 0.600. The minimum Gasteiger partial charge on any atom is -0.361 e. The summed E-state index contributed by atoms with van der Waals surface area (Å²) in [5, 5.41) is 7.46. The fourth-order valence-corrected chi connectivity index (χ4v) is 3.38. The summed E-state index contributed by atoms with van der Waals surface area (Å²) in [6.07, 6.45) is 2.47. The molecular weight excluding hydrogens is 300 g/mol. The van der Waals surface area contributed by atoms with Gasteiger partial charge in [0, 0.05) is 24.2 Å². The number of nitrogens with zero attached hydrogens (tertiary/aromatic N) is 3. The molecule has 0 bridgehead atoms. The van der Waals surface area contributed by atoms with E-state index >= 15 is 0 Å². The van der Waals surface area contributed by atoms with Crippen LogP contribution in [0.15, 0.2) is 28.9 Å². The number of rotatable bonds is 4. The Balaban J connectivity index is 1.98. The Morgan fingerprint density at radius 2 is 2.08 bits per heavy atom. The zero-order valence-corrected chi connectivity index (χ0v) is 14.6. The van der Waals surface area contributed by atoms with E-state index in [1.54, 1.807) is 0 Å². The van der Waals surface area contributed by atoms with Crippen molar-refractivity contribution < 1.29 is 4.52 Å². The van der Waals surface area contributed by atoms with Gasteiger partial charge in [0.25, 0.3) is 0 Å². The van der Waals surface area contributed by atoms with E-state index in [0.29, 0.717) is 5.92 Å². The van der Waals surface area contributed by atoms with E-state index in [4.69, 9.17) is 9.51 Å². The summed E-state index contributed by atoms with van der Waals surface area (Å²) < 4.78 is 7.58. The molecule has 1 saturated carbocycles. The fraction of sp³-hybridized carbons (Fsp3) is 0.368. The molecule has 0 saturated heterocycles. The maximum Gasteiger partial charge on any atom is 0.141 e. The average Bonchev–Trinajstić information content (AvgIpc) is 3.23. The summed E-state index contributed by atoms with van der Waals surface area (Å²) in [6.45, 7) is 9.86. The molecule has 124 valence electrons. The third-order valence-corrected chi connectivity index (χ3v) is 4.63. The summed E-state index contributed by atoms with van der Waals surface area (Å²) in [5.41, 5.74) is 7.04. The third kappa shape index (κ3) is 2.31. The molecule has 1 aromatic carbocycles. The molecule has 1 aliphatic carbocycles. The maximum atomic E-state index is 5.36. The van der Waals surface area contributed by atoms with Gasteiger partial charge >= 0.3 is 0 Å².